The molecule has 7 nitrogen and oxygen atoms in total. The quantitative estimate of drug-likeness (QED) is 0.113. The maximum atomic E-state index is 14.0. The molecule has 0 aromatic rings. The van der Waals surface area contributed by atoms with Crippen LogP contribution in [0.25, 0.3) is 22.3 Å². The van der Waals surface area contributed by atoms with Crippen molar-refractivity contribution < 1.29 is 32.5 Å². The fourth-order valence-corrected chi connectivity index (χ4v) is 8.07. The average Bonchev–Trinajstić information content (AvgIpc) is 1.06. The lowest BCUT2D eigenvalue weighted by atomic mass is 10.1. The van der Waals surface area contributed by atoms with Crippen molar-refractivity contribution in [2.24, 2.45) is 0 Å². The predicted octanol–water partition coefficient (Wildman–Crippen LogP) is 21.3. The molecule has 4 rings (SSSR count). The number of fused-ring (bicyclic) bond motifs is 2. The third-order valence-corrected chi connectivity index (χ3v) is 12.9. The molecule has 4 aliphatic carbocycles. The van der Waals surface area contributed by atoms with Gasteiger partial charge in [0.25, 0.3) is 0 Å². The van der Waals surface area contributed by atoms with Gasteiger partial charge >= 0.3 is 7.82 Å². The number of rotatable bonds is 12. The van der Waals surface area contributed by atoms with E-state index in [1.807, 2.05) is 446 Å². The summed E-state index contributed by atoms with van der Waals surface area (Å²) in [5.41, 5.74) is 2.94. The minimum atomic E-state index is -4.66. The van der Waals surface area contributed by atoms with Crippen LogP contribution >= 0.6 is 7.82 Å². The van der Waals surface area contributed by atoms with Crippen LogP contribution in [0.1, 0.15) is 0 Å². The summed E-state index contributed by atoms with van der Waals surface area (Å²) < 4.78 is 40.3. The van der Waals surface area contributed by atoms with Crippen LogP contribution in [0.4, 0.5) is 0 Å². The number of likely N-dealkylation sites (N-methyl/N-ethyl adjacent to an activating group) is 1. The third-order valence-electron chi connectivity index (χ3n) is 11.9. The summed E-state index contributed by atoms with van der Waals surface area (Å²) in [6.07, 6.45) is -1.06. The highest BCUT2D eigenvalue weighted by molar-refractivity contribution is 7.47. The van der Waals surface area contributed by atoms with E-state index in [1.165, 1.54) is 0 Å². The standard InChI is InChI=1S/C84H88NO6P/c1-85(2,3)74-75-89-92(86,87)90-77-80(91-84-73-65-57-49-41-33-25-17-9-13-21-29-37-45-53-61-69-79-68-60-52-44-36-28-19-11-5-7-15-23-31-39-47-55-63-71-82(79)84)76-88-83-72-64-56-48-40-32-24-16-8-12-20-27-35-43-51-59-67-78-66-58-50-42-34-26-18-10-4-6-14-22-30-38-46-54-62-70-81(78)83/h4-73,80H,74-77H2,1-3H3/p+1/t80-/m1/s1. The topological polar surface area (TPSA) is 74.2 Å². The zero-order valence-corrected chi connectivity index (χ0v) is 54.1. The van der Waals surface area contributed by atoms with Gasteiger partial charge in [0.2, 0.25) is 0 Å². The molecular weight excluding hydrogens is 1150 g/mol. The van der Waals surface area contributed by atoms with Gasteiger partial charge in [-0.1, -0.05) is 413 Å². The summed E-state index contributed by atoms with van der Waals surface area (Å²) >= 11 is 0. The van der Waals surface area contributed by atoms with Crippen molar-refractivity contribution in [1.82, 2.24) is 0 Å². The van der Waals surface area contributed by atoms with E-state index < -0.39 is 20.5 Å². The van der Waals surface area contributed by atoms with Crippen LogP contribution in [0.3, 0.4) is 0 Å². The van der Waals surface area contributed by atoms with Crippen molar-refractivity contribution >= 4 is 7.82 Å². The first-order valence-corrected chi connectivity index (χ1v) is 32.0. The zero-order valence-electron chi connectivity index (χ0n) is 53.2. The molecule has 0 radical (unpaired) electrons. The molecule has 2 atom stereocenters. The van der Waals surface area contributed by atoms with Crippen molar-refractivity contribution in [1.29, 1.82) is 0 Å². The summed E-state index contributed by atoms with van der Waals surface area (Å²) in [7, 11) is 1.27. The molecule has 0 fully saturated rings. The number of quaternary nitrogens is 1. The summed E-state index contributed by atoms with van der Waals surface area (Å²) in [6.45, 7) is -0.185. The van der Waals surface area contributed by atoms with Crippen LogP contribution < -0.4 is 9.47 Å². The van der Waals surface area contributed by atoms with Crippen LogP contribution in [-0.4, -0.2) is 63.0 Å². The molecule has 0 heterocycles. The Labute approximate surface area is 549 Å². The molecular formula is C84H89NO6P+. The summed E-state index contributed by atoms with van der Waals surface area (Å²) in [5, 5.41) is 0. The number of phosphoric ester groups is 1. The number of nitrogens with zero attached hydrogens (tertiary/aromatic N) is 1. The molecule has 0 spiro atoms. The molecule has 0 aromatic carbocycles. The molecule has 0 bridgehead atoms. The van der Waals surface area contributed by atoms with Crippen molar-refractivity contribution in [2.75, 3.05) is 47.5 Å². The Morgan fingerprint density at radius 2 is 0.511 bits per heavy atom. The van der Waals surface area contributed by atoms with Crippen molar-refractivity contribution in [3.05, 3.63) is 425 Å². The minimum Gasteiger partial charge on any atom is -0.489 e. The van der Waals surface area contributed by atoms with Crippen LogP contribution in [0.2, 0.25) is 0 Å². The lowest BCUT2D eigenvalue weighted by Crippen LogP contribution is -2.37. The SMILES string of the molecule is C[N+](C)(C)CCOP(=O)(O)OC[C@@H](COc1cccccccccccccccccc2ccccccccccccccccccc1-2)Oc1cccccccccccccccccc2ccccccccccccccccccc1-2. The average molecular weight is 1240 g/mol. The molecule has 0 saturated carbocycles. The molecule has 0 amide bonds. The van der Waals surface area contributed by atoms with Crippen LogP contribution in [0.15, 0.2) is 425 Å². The monoisotopic (exact) mass is 1240 g/mol. The Morgan fingerprint density at radius 1 is 0.293 bits per heavy atom. The van der Waals surface area contributed by atoms with E-state index in [4.69, 9.17) is 18.5 Å². The molecule has 0 aromatic heterocycles. The van der Waals surface area contributed by atoms with E-state index in [0.29, 0.717) is 33.7 Å². The first kappa shape index (κ1) is 74.3. The van der Waals surface area contributed by atoms with Crippen LogP contribution in [0.5, 0.6) is 11.5 Å². The Hall–Kier alpha value is -10.2. The molecule has 4 aliphatic rings. The van der Waals surface area contributed by atoms with E-state index in [9.17, 15) is 9.46 Å². The molecule has 1 unspecified atom stereocenters. The van der Waals surface area contributed by atoms with Crippen LogP contribution in [-0.2, 0) is 13.6 Å². The first-order chi connectivity index (χ1) is 45.2. The van der Waals surface area contributed by atoms with Gasteiger partial charge in [-0.05, 0) is 23.3 Å². The normalized spacial score (nSPS) is 10.5. The Morgan fingerprint density at radius 3 is 0.772 bits per heavy atom. The van der Waals surface area contributed by atoms with Gasteiger partial charge in [-0.15, -0.1) is 0 Å². The second-order valence-corrected chi connectivity index (χ2v) is 21.8. The van der Waals surface area contributed by atoms with Gasteiger partial charge in [0.15, 0.2) is 6.10 Å². The van der Waals surface area contributed by atoms with E-state index in [2.05, 4.69) is 0 Å². The molecule has 1 N–H and O–H groups in total. The zero-order chi connectivity index (χ0) is 65.2. The van der Waals surface area contributed by atoms with Gasteiger partial charge in [-0.2, -0.15) is 0 Å². The van der Waals surface area contributed by atoms with Crippen molar-refractivity contribution in [3.63, 3.8) is 0 Å². The van der Waals surface area contributed by atoms with Gasteiger partial charge in [0, 0.05) is 11.1 Å². The predicted molar refractivity (Wildman–Crippen MR) is 387 cm³/mol. The molecule has 470 valence electrons. The van der Waals surface area contributed by atoms with Crippen LogP contribution in [0, 0.1) is 0 Å². The fourth-order valence-electron chi connectivity index (χ4n) is 7.33. The summed E-state index contributed by atoms with van der Waals surface area (Å²) in [4.78, 5) is 11.4. The number of hydrogen-bond acceptors (Lipinski definition) is 5. The van der Waals surface area contributed by atoms with Gasteiger partial charge < -0.3 is 18.9 Å². The Balaban J connectivity index is 2.25. The van der Waals surface area contributed by atoms with E-state index in [0.717, 1.165) is 11.1 Å². The minimum absolute atomic E-state index is 0.0281. The maximum Gasteiger partial charge on any atom is 0.472 e. The van der Waals surface area contributed by atoms with E-state index in [1.54, 1.807) is 0 Å². The van der Waals surface area contributed by atoms with Crippen molar-refractivity contribution in [3.8, 4) is 33.8 Å². The Kier molecular flexibility index (Phi) is 40.9. The fraction of sp³-hybridized carbons (Fsp3) is 0.0952. The second kappa shape index (κ2) is 50.6. The third kappa shape index (κ3) is 40.4. The summed E-state index contributed by atoms with van der Waals surface area (Å²) in [6, 6.07) is 137. The Bertz CT molecular complexity index is 3670. The molecule has 8 heteroatoms. The molecule has 0 saturated heterocycles. The largest absolute Gasteiger partial charge is 0.489 e. The van der Waals surface area contributed by atoms with E-state index in [-0.39, 0.29) is 13.2 Å². The number of phosphoric acid groups is 1. The van der Waals surface area contributed by atoms with Crippen molar-refractivity contribution in [2.45, 2.75) is 6.10 Å². The van der Waals surface area contributed by atoms with Gasteiger partial charge in [0.1, 0.15) is 31.3 Å². The lowest BCUT2D eigenvalue weighted by molar-refractivity contribution is -0.870. The highest BCUT2D eigenvalue weighted by Gasteiger charge is 2.26. The van der Waals surface area contributed by atoms with Gasteiger partial charge in [0.05, 0.1) is 27.7 Å². The lowest BCUT2D eigenvalue weighted by Gasteiger charge is -2.25. The van der Waals surface area contributed by atoms with Gasteiger partial charge in [-0.25, -0.2) is 4.57 Å². The summed E-state index contributed by atoms with van der Waals surface area (Å²) in [5.74, 6) is 0.848. The highest BCUT2D eigenvalue weighted by Crippen LogP contribution is 2.43. The van der Waals surface area contributed by atoms with Gasteiger partial charge in [-0.3, -0.25) is 9.05 Å². The number of ether oxygens (including phenoxy) is 2. The maximum absolute atomic E-state index is 14.0. The second-order valence-electron chi connectivity index (χ2n) is 20.4. The smallest absolute Gasteiger partial charge is 0.472 e. The first-order valence-electron chi connectivity index (χ1n) is 30.5. The molecule has 0 aliphatic heterocycles. The molecule has 92 heavy (non-hydrogen) atoms. The highest BCUT2D eigenvalue weighted by atomic mass is 31.2. The number of hydrogen-bond donors (Lipinski definition) is 1. The van der Waals surface area contributed by atoms with E-state index >= 15 is 0 Å².